The standard InChI is InChI=1S/C12H16O3/c1-12(2,3)15-11(13)9-14-10-7-5-4-6-8-10/h4-8H,9H2,1-3H3. The monoisotopic (exact) mass is 208 g/mol. The zero-order valence-electron chi connectivity index (χ0n) is 9.32. The third kappa shape index (κ3) is 5.05. The molecule has 0 saturated carbocycles. The van der Waals surface area contributed by atoms with Gasteiger partial charge in [-0.15, -0.1) is 0 Å². The molecule has 0 fully saturated rings. The van der Waals surface area contributed by atoms with E-state index in [4.69, 9.17) is 9.47 Å². The molecule has 3 heteroatoms. The van der Waals surface area contributed by atoms with Gasteiger partial charge < -0.3 is 9.47 Å². The zero-order valence-corrected chi connectivity index (χ0v) is 9.32. The fraction of sp³-hybridized carbons (Fsp3) is 0.417. The number of ether oxygens (including phenoxy) is 2. The minimum atomic E-state index is -0.461. The predicted molar refractivity (Wildman–Crippen MR) is 57.8 cm³/mol. The quantitative estimate of drug-likeness (QED) is 0.715. The molecule has 0 saturated heterocycles. The van der Waals surface area contributed by atoms with Crippen molar-refractivity contribution in [3.8, 4) is 5.75 Å². The molecule has 1 rings (SSSR count). The molecule has 0 bridgehead atoms. The summed E-state index contributed by atoms with van der Waals surface area (Å²) < 4.78 is 10.3. The Balaban J connectivity index is 2.35. The van der Waals surface area contributed by atoms with Crippen molar-refractivity contribution in [1.82, 2.24) is 0 Å². The summed E-state index contributed by atoms with van der Waals surface area (Å²) in [6, 6.07) is 9.18. The molecule has 0 radical (unpaired) electrons. The van der Waals surface area contributed by atoms with Crippen molar-refractivity contribution >= 4 is 5.97 Å². The van der Waals surface area contributed by atoms with E-state index in [1.54, 1.807) is 12.1 Å². The van der Waals surface area contributed by atoms with E-state index in [-0.39, 0.29) is 12.6 Å². The van der Waals surface area contributed by atoms with E-state index < -0.39 is 5.60 Å². The molecule has 0 aromatic heterocycles. The fourth-order valence-corrected chi connectivity index (χ4v) is 1.03. The summed E-state index contributed by atoms with van der Waals surface area (Å²) >= 11 is 0. The second-order valence-corrected chi connectivity index (χ2v) is 4.19. The topological polar surface area (TPSA) is 35.5 Å². The average Bonchev–Trinajstić information content (AvgIpc) is 2.14. The maximum atomic E-state index is 11.3. The normalized spacial score (nSPS) is 10.9. The third-order valence-electron chi connectivity index (χ3n) is 1.52. The molecular formula is C12H16O3. The van der Waals surface area contributed by atoms with E-state index >= 15 is 0 Å². The Labute approximate surface area is 90.0 Å². The van der Waals surface area contributed by atoms with Crippen molar-refractivity contribution in [2.75, 3.05) is 6.61 Å². The van der Waals surface area contributed by atoms with Crippen LogP contribution in [0.25, 0.3) is 0 Å². The second kappa shape index (κ2) is 4.82. The summed E-state index contributed by atoms with van der Waals surface area (Å²) in [6.45, 7) is 5.43. The van der Waals surface area contributed by atoms with Crippen molar-refractivity contribution in [2.24, 2.45) is 0 Å². The van der Waals surface area contributed by atoms with Crippen molar-refractivity contribution in [3.63, 3.8) is 0 Å². The van der Waals surface area contributed by atoms with Gasteiger partial charge in [0.2, 0.25) is 0 Å². The molecule has 3 nitrogen and oxygen atoms in total. The minimum absolute atomic E-state index is 0.0543. The van der Waals surface area contributed by atoms with Gasteiger partial charge in [-0.2, -0.15) is 0 Å². The van der Waals surface area contributed by atoms with Gasteiger partial charge in [0.1, 0.15) is 11.4 Å². The highest BCUT2D eigenvalue weighted by molar-refractivity contribution is 5.71. The number of para-hydroxylation sites is 1. The molecule has 15 heavy (non-hydrogen) atoms. The first-order valence-corrected chi connectivity index (χ1v) is 4.87. The van der Waals surface area contributed by atoms with Gasteiger partial charge >= 0.3 is 5.97 Å². The van der Waals surface area contributed by atoms with Gasteiger partial charge in [-0.05, 0) is 32.9 Å². The van der Waals surface area contributed by atoms with Crippen LogP contribution in [-0.2, 0) is 9.53 Å². The maximum absolute atomic E-state index is 11.3. The van der Waals surface area contributed by atoms with Crippen LogP contribution in [0.4, 0.5) is 0 Å². The number of carbonyl (C=O) groups excluding carboxylic acids is 1. The van der Waals surface area contributed by atoms with Crippen molar-refractivity contribution in [3.05, 3.63) is 30.3 Å². The molecule has 1 aromatic rings. The second-order valence-electron chi connectivity index (χ2n) is 4.19. The molecule has 0 aliphatic heterocycles. The van der Waals surface area contributed by atoms with Crippen molar-refractivity contribution in [2.45, 2.75) is 26.4 Å². The van der Waals surface area contributed by atoms with Crippen LogP contribution in [0, 0.1) is 0 Å². The summed E-state index contributed by atoms with van der Waals surface area (Å²) in [5.74, 6) is 0.315. The first-order valence-electron chi connectivity index (χ1n) is 4.87. The van der Waals surface area contributed by atoms with Crippen LogP contribution < -0.4 is 4.74 Å². The van der Waals surface area contributed by atoms with Crippen LogP contribution >= 0.6 is 0 Å². The molecule has 82 valence electrons. The number of hydrogen-bond donors (Lipinski definition) is 0. The predicted octanol–water partition coefficient (Wildman–Crippen LogP) is 2.41. The highest BCUT2D eigenvalue weighted by atomic mass is 16.6. The largest absolute Gasteiger partial charge is 0.482 e. The molecule has 0 unspecified atom stereocenters. The third-order valence-corrected chi connectivity index (χ3v) is 1.52. The highest BCUT2D eigenvalue weighted by Gasteiger charge is 2.16. The summed E-state index contributed by atoms with van der Waals surface area (Å²) in [5, 5.41) is 0. The molecule has 0 aliphatic carbocycles. The smallest absolute Gasteiger partial charge is 0.344 e. The van der Waals surface area contributed by atoms with Gasteiger partial charge in [0.05, 0.1) is 0 Å². The number of rotatable bonds is 3. The molecule has 0 N–H and O–H groups in total. The summed E-state index contributed by atoms with van der Waals surface area (Å²) in [6.07, 6.45) is 0. The van der Waals surface area contributed by atoms with Gasteiger partial charge in [-0.25, -0.2) is 4.79 Å². The Bertz CT molecular complexity index is 311. The van der Waals surface area contributed by atoms with E-state index in [1.165, 1.54) is 0 Å². The van der Waals surface area contributed by atoms with Gasteiger partial charge in [-0.3, -0.25) is 0 Å². The van der Waals surface area contributed by atoms with Gasteiger partial charge in [-0.1, -0.05) is 18.2 Å². The van der Waals surface area contributed by atoms with Gasteiger partial charge in [0, 0.05) is 0 Å². The number of carbonyl (C=O) groups is 1. The molecular weight excluding hydrogens is 192 g/mol. The molecule has 1 aromatic carbocycles. The summed E-state index contributed by atoms with van der Waals surface area (Å²) in [7, 11) is 0. The first kappa shape index (κ1) is 11.6. The Morgan fingerprint density at radius 3 is 2.33 bits per heavy atom. The van der Waals surface area contributed by atoms with Crippen LogP contribution in [-0.4, -0.2) is 18.2 Å². The van der Waals surface area contributed by atoms with E-state index in [9.17, 15) is 4.79 Å². The van der Waals surface area contributed by atoms with Crippen molar-refractivity contribution in [1.29, 1.82) is 0 Å². The molecule has 0 heterocycles. The molecule has 0 atom stereocenters. The minimum Gasteiger partial charge on any atom is -0.482 e. The average molecular weight is 208 g/mol. The lowest BCUT2D eigenvalue weighted by Gasteiger charge is -2.19. The molecule has 0 aliphatic rings. The summed E-state index contributed by atoms with van der Waals surface area (Å²) in [5.41, 5.74) is -0.461. The fourth-order valence-electron chi connectivity index (χ4n) is 1.03. The summed E-state index contributed by atoms with van der Waals surface area (Å²) in [4.78, 5) is 11.3. The van der Waals surface area contributed by atoms with E-state index in [2.05, 4.69) is 0 Å². The number of hydrogen-bond acceptors (Lipinski definition) is 3. The van der Waals surface area contributed by atoms with Crippen LogP contribution in [0.5, 0.6) is 5.75 Å². The zero-order chi connectivity index (χ0) is 11.3. The Hall–Kier alpha value is -1.51. The number of esters is 1. The lowest BCUT2D eigenvalue weighted by Crippen LogP contribution is -2.27. The number of benzene rings is 1. The van der Waals surface area contributed by atoms with Gasteiger partial charge in [0.25, 0.3) is 0 Å². The highest BCUT2D eigenvalue weighted by Crippen LogP contribution is 2.10. The van der Waals surface area contributed by atoms with Gasteiger partial charge in [0.15, 0.2) is 6.61 Å². The Morgan fingerprint density at radius 1 is 1.20 bits per heavy atom. The lowest BCUT2D eigenvalue weighted by molar-refractivity contribution is -0.157. The Kier molecular flexibility index (Phi) is 3.72. The molecule has 0 spiro atoms. The van der Waals surface area contributed by atoms with Crippen LogP contribution in [0.1, 0.15) is 20.8 Å². The maximum Gasteiger partial charge on any atom is 0.344 e. The lowest BCUT2D eigenvalue weighted by atomic mass is 10.2. The SMILES string of the molecule is CC(C)(C)OC(=O)COc1ccccc1. The van der Waals surface area contributed by atoms with E-state index in [0.717, 1.165) is 0 Å². The molecule has 0 amide bonds. The van der Waals surface area contributed by atoms with Crippen LogP contribution in [0.15, 0.2) is 30.3 Å². The van der Waals surface area contributed by atoms with E-state index in [1.807, 2.05) is 39.0 Å². The van der Waals surface area contributed by atoms with Crippen LogP contribution in [0.2, 0.25) is 0 Å². The van der Waals surface area contributed by atoms with E-state index in [0.29, 0.717) is 5.75 Å². The van der Waals surface area contributed by atoms with Crippen LogP contribution in [0.3, 0.4) is 0 Å². The van der Waals surface area contributed by atoms with Crippen molar-refractivity contribution < 1.29 is 14.3 Å². The first-order chi connectivity index (χ1) is 6.97. The Morgan fingerprint density at radius 2 is 1.80 bits per heavy atom.